The molecule has 0 aliphatic carbocycles. The molecule has 0 spiro atoms. The molecule has 1 N–H and O–H groups in total. The first kappa shape index (κ1) is 14.3. The highest BCUT2D eigenvalue weighted by Crippen LogP contribution is 2.21. The van der Waals surface area contributed by atoms with Gasteiger partial charge in [0.2, 0.25) is 0 Å². The fourth-order valence-corrected chi connectivity index (χ4v) is 2.37. The molecule has 0 atom stereocenters. The van der Waals surface area contributed by atoms with E-state index in [4.69, 9.17) is 11.6 Å². The number of hydrogen-bond donors (Lipinski definition) is 1. The van der Waals surface area contributed by atoms with Crippen LogP contribution in [-0.2, 0) is 0 Å². The third-order valence-corrected chi connectivity index (χ3v) is 4.28. The van der Waals surface area contributed by atoms with Gasteiger partial charge in [-0.1, -0.05) is 23.7 Å². The Morgan fingerprint density at radius 3 is 2.74 bits per heavy atom. The summed E-state index contributed by atoms with van der Waals surface area (Å²) in [6.45, 7) is 1.92. The van der Waals surface area contributed by atoms with Gasteiger partial charge in [-0.05, 0) is 59.3 Å². The first-order chi connectivity index (χ1) is 8.99. The zero-order valence-corrected chi connectivity index (χ0v) is 12.9. The average molecular weight is 390 g/mol. The molecule has 0 saturated heterocycles. The number of hydrogen-bond acceptors (Lipinski definition) is 1. The van der Waals surface area contributed by atoms with Gasteiger partial charge in [-0.25, -0.2) is 4.39 Å². The highest BCUT2D eigenvalue weighted by molar-refractivity contribution is 14.1. The van der Waals surface area contributed by atoms with Gasteiger partial charge in [-0.2, -0.15) is 0 Å². The topological polar surface area (TPSA) is 29.1 Å². The molecule has 0 unspecified atom stereocenters. The molecule has 2 aromatic carbocycles. The summed E-state index contributed by atoms with van der Waals surface area (Å²) in [4.78, 5) is 12.1. The van der Waals surface area contributed by atoms with Crippen molar-refractivity contribution in [2.24, 2.45) is 0 Å². The molecule has 0 aliphatic heterocycles. The predicted octanol–water partition coefficient (Wildman–Crippen LogP) is 4.64. The van der Waals surface area contributed by atoms with E-state index in [2.05, 4.69) is 27.9 Å². The van der Waals surface area contributed by atoms with Gasteiger partial charge in [-0.3, -0.25) is 4.79 Å². The van der Waals surface area contributed by atoms with Crippen molar-refractivity contribution in [1.82, 2.24) is 0 Å². The van der Waals surface area contributed by atoms with Crippen molar-refractivity contribution in [2.75, 3.05) is 5.32 Å². The van der Waals surface area contributed by atoms with Crippen LogP contribution < -0.4 is 5.32 Å². The van der Waals surface area contributed by atoms with Crippen molar-refractivity contribution in [3.05, 3.63) is 61.9 Å². The minimum atomic E-state index is -0.552. The summed E-state index contributed by atoms with van der Waals surface area (Å²) >= 11 is 7.76. The largest absolute Gasteiger partial charge is 0.319 e. The molecule has 2 aromatic rings. The van der Waals surface area contributed by atoms with Gasteiger partial charge < -0.3 is 5.32 Å². The number of carbonyl (C=O) groups excluding carboxylic acids is 1. The molecule has 0 saturated carbocycles. The van der Waals surface area contributed by atoms with Crippen molar-refractivity contribution in [3.63, 3.8) is 0 Å². The smallest absolute Gasteiger partial charge is 0.256 e. The van der Waals surface area contributed by atoms with Crippen LogP contribution in [0.2, 0.25) is 5.02 Å². The summed E-state index contributed by atoms with van der Waals surface area (Å²) in [6.07, 6.45) is 0. The molecule has 19 heavy (non-hydrogen) atoms. The Balaban J connectivity index is 2.28. The molecule has 2 nitrogen and oxygen atoms in total. The lowest BCUT2D eigenvalue weighted by atomic mass is 10.1. The zero-order valence-electron chi connectivity index (χ0n) is 10.0. The fraction of sp³-hybridized carbons (Fsp3) is 0.0714. The molecule has 0 bridgehead atoms. The quantitative estimate of drug-likeness (QED) is 0.745. The van der Waals surface area contributed by atoms with Crippen molar-refractivity contribution in [2.45, 2.75) is 6.92 Å². The Kier molecular flexibility index (Phi) is 4.42. The van der Waals surface area contributed by atoms with E-state index in [1.807, 2.05) is 13.0 Å². The van der Waals surface area contributed by atoms with Crippen LogP contribution in [0.3, 0.4) is 0 Å². The molecule has 1 amide bonds. The Hall–Kier alpha value is -1.14. The summed E-state index contributed by atoms with van der Waals surface area (Å²) in [5, 5.41) is 2.84. The van der Waals surface area contributed by atoms with Gasteiger partial charge in [0.15, 0.2) is 0 Å². The molecule has 0 fully saturated rings. The van der Waals surface area contributed by atoms with E-state index < -0.39 is 5.82 Å². The fourth-order valence-electron chi connectivity index (χ4n) is 1.60. The molecule has 0 aromatic heterocycles. The molecular formula is C14H10ClFINO. The number of amides is 1. The third kappa shape index (κ3) is 3.25. The summed E-state index contributed by atoms with van der Waals surface area (Å²) < 4.78 is 14.5. The number of carbonyl (C=O) groups is 1. The molecule has 0 radical (unpaired) electrons. The maximum Gasteiger partial charge on any atom is 0.256 e. The van der Waals surface area contributed by atoms with Crippen LogP contribution in [0.15, 0.2) is 36.4 Å². The van der Waals surface area contributed by atoms with Gasteiger partial charge in [-0.15, -0.1) is 0 Å². The SMILES string of the molecule is Cc1cccc(C(=O)Nc2ccc(Cl)cc2F)c1I. The lowest BCUT2D eigenvalue weighted by Crippen LogP contribution is -2.14. The second kappa shape index (κ2) is 5.88. The number of anilines is 1. The van der Waals surface area contributed by atoms with E-state index in [1.54, 1.807) is 12.1 Å². The molecular weight excluding hydrogens is 380 g/mol. The van der Waals surface area contributed by atoms with Crippen molar-refractivity contribution in [1.29, 1.82) is 0 Å². The highest BCUT2D eigenvalue weighted by atomic mass is 127. The summed E-state index contributed by atoms with van der Waals surface area (Å²) in [5.41, 5.74) is 1.64. The first-order valence-electron chi connectivity index (χ1n) is 5.50. The monoisotopic (exact) mass is 389 g/mol. The third-order valence-electron chi connectivity index (χ3n) is 2.62. The summed E-state index contributed by atoms with van der Waals surface area (Å²) in [6, 6.07) is 9.56. The van der Waals surface area contributed by atoms with Crippen molar-refractivity contribution >= 4 is 45.8 Å². The lowest BCUT2D eigenvalue weighted by molar-refractivity contribution is 0.102. The van der Waals surface area contributed by atoms with Gasteiger partial charge in [0.1, 0.15) is 5.82 Å². The van der Waals surface area contributed by atoms with E-state index in [9.17, 15) is 9.18 Å². The van der Waals surface area contributed by atoms with Crippen molar-refractivity contribution in [3.8, 4) is 0 Å². The number of benzene rings is 2. The Morgan fingerprint density at radius 1 is 1.32 bits per heavy atom. The highest BCUT2D eigenvalue weighted by Gasteiger charge is 2.13. The van der Waals surface area contributed by atoms with Crippen molar-refractivity contribution < 1.29 is 9.18 Å². The zero-order chi connectivity index (χ0) is 14.0. The number of halogens is 3. The molecule has 2 rings (SSSR count). The number of aryl methyl sites for hydroxylation is 1. The van der Waals surface area contributed by atoms with Crippen LogP contribution in [0.25, 0.3) is 0 Å². The predicted molar refractivity (Wildman–Crippen MR) is 83.3 cm³/mol. The second-order valence-electron chi connectivity index (χ2n) is 4.01. The summed E-state index contributed by atoms with van der Waals surface area (Å²) in [7, 11) is 0. The van der Waals surface area contributed by atoms with E-state index in [-0.39, 0.29) is 11.6 Å². The Labute approximate surface area is 129 Å². The van der Waals surface area contributed by atoms with Crippen LogP contribution >= 0.6 is 34.2 Å². The first-order valence-corrected chi connectivity index (χ1v) is 6.96. The lowest BCUT2D eigenvalue weighted by Gasteiger charge is -2.09. The number of rotatable bonds is 2. The van der Waals surface area contributed by atoms with Crippen LogP contribution in [0.4, 0.5) is 10.1 Å². The minimum Gasteiger partial charge on any atom is -0.319 e. The minimum absolute atomic E-state index is 0.117. The van der Waals surface area contributed by atoms with E-state index in [1.165, 1.54) is 18.2 Å². The van der Waals surface area contributed by atoms with Gasteiger partial charge in [0.05, 0.1) is 11.3 Å². The van der Waals surface area contributed by atoms with Gasteiger partial charge in [0.25, 0.3) is 5.91 Å². The number of nitrogens with one attached hydrogen (secondary N) is 1. The Bertz CT molecular complexity index is 645. The van der Waals surface area contributed by atoms with Crippen LogP contribution in [0.5, 0.6) is 0 Å². The molecule has 98 valence electrons. The summed E-state index contributed by atoms with van der Waals surface area (Å²) in [5.74, 6) is -0.891. The maximum absolute atomic E-state index is 13.6. The Morgan fingerprint density at radius 2 is 2.05 bits per heavy atom. The van der Waals surface area contributed by atoms with E-state index in [0.29, 0.717) is 10.6 Å². The van der Waals surface area contributed by atoms with Crippen LogP contribution in [0, 0.1) is 16.3 Å². The second-order valence-corrected chi connectivity index (χ2v) is 5.53. The standard InChI is InChI=1S/C14H10ClFINO/c1-8-3-2-4-10(13(8)17)14(19)18-12-6-5-9(15)7-11(12)16/h2-7H,1H3,(H,18,19). The van der Waals surface area contributed by atoms with Gasteiger partial charge in [0, 0.05) is 8.59 Å². The molecule has 0 heterocycles. The normalized spacial score (nSPS) is 10.3. The van der Waals surface area contributed by atoms with E-state index in [0.717, 1.165) is 9.13 Å². The molecule has 0 aliphatic rings. The average Bonchev–Trinajstić information content (AvgIpc) is 2.36. The van der Waals surface area contributed by atoms with Gasteiger partial charge >= 0.3 is 0 Å². The maximum atomic E-state index is 13.6. The molecule has 5 heteroatoms. The van der Waals surface area contributed by atoms with E-state index >= 15 is 0 Å². The van der Waals surface area contributed by atoms with Crippen LogP contribution in [-0.4, -0.2) is 5.91 Å². The van der Waals surface area contributed by atoms with Crippen LogP contribution in [0.1, 0.15) is 15.9 Å².